The highest BCUT2D eigenvalue weighted by Crippen LogP contribution is 2.43. The van der Waals surface area contributed by atoms with Gasteiger partial charge in [0.2, 0.25) is 5.95 Å². The number of nitrogens with one attached hydrogen (secondary N) is 1. The zero-order chi connectivity index (χ0) is 18.6. The van der Waals surface area contributed by atoms with Crippen LogP contribution in [-0.2, 0) is 4.74 Å². The molecule has 5 N–H and O–H groups in total. The molecule has 1 aliphatic heterocycles. The molecule has 2 aromatic heterocycles. The standard InChI is InChI=1S/C15H24N5O4P/c1-15(23)10(21)8(5-6-25(2,3)4)24-13(15)20-7-17-9-11(20)18-14(16)19-12(9)22/h7-8,10,13,21,23H,2,5-6H2,1,3-4H3,(H3,16,18,19,22)/t8-,10-,13-,15-/m1/s1. The molecular formula is C15H24N5O4P. The van der Waals surface area contributed by atoms with Crippen molar-refractivity contribution < 1.29 is 14.9 Å². The third-order valence-corrected chi connectivity index (χ3v) is 5.95. The first-order valence-electron chi connectivity index (χ1n) is 7.96. The second kappa shape index (κ2) is 5.95. The third-order valence-electron chi connectivity index (χ3n) is 4.48. The monoisotopic (exact) mass is 369 g/mol. The minimum absolute atomic E-state index is 0.0578. The van der Waals surface area contributed by atoms with Gasteiger partial charge in [-0.25, -0.2) is 4.98 Å². The Hall–Kier alpha value is -1.67. The van der Waals surface area contributed by atoms with Crippen LogP contribution in [0.4, 0.5) is 5.95 Å². The molecule has 25 heavy (non-hydrogen) atoms. The Labute approximate surface area is 144 Å². The Morgan fingerprint density at radius 1 is 1.56 bits per heavy atom. The van der Waals surface area contributed by atoms with Gasteiger partial charge in [-0.2, -0.15) is 4.98 Å². The summed E-state index contributed by atoms with van der Waals surface area (Å²) in [6.07, 6.45) is 4.37. The number of aromatic amines is 1. The highest BCUT2D eigenvalue weighted by Gasteiger charge is 2.53. The van der Waals surface area contributed by atoms with Gasteiger partial charge < -0.3 is 20.7 Å². The van der Waals surface area contributed by atoms with Crippen molar-refractivity contribution in [1.82, 2.24) is 19.5 Å². The Bertz CT molecular complexity index is 899. The lowest BCUT2D eigenvalue weighted by Crippen LogP contribution is -2.43. The second-order valence-electron chi connectivity index (χ2n) is 7.42. The molecule has 0 bridgehead atoms. The van der Waals surface area contributed by atoms with Gasteiger partial charge in [-0.05, 0) is 32.8 Å². The lowest BCUT2D eigenvalue weighted by Gasteiger charge is -2.27. The van der Waals surface area contributed by atoms with Crippen LogP contribution in [0.1, 0.15) is 19.6 Å². The van der Waals surface area contributed by atoms with Crippen molar-refractivity contribution in [3.8, 4) is 0 Å². The molecule has 0 unspecified atom stereocenters. The summed E-state index contributed by atoms with van der Waals surface area (Å²) in [5.41, 5.74) is 3.86. The summed E-state index contributed by atoms with van der Waals surface area (Å²) in [5.74, 6) is -0.0578. The van der Waals surface area contributed by atoms with Crippen LogP contribution in [0.5, 0.6) is 0 Å². The highest BCUT2D eigenvalue weighted by molar-refractivity contribution is 7.72. The van der Waals surface area contributed by atoms with E-state index in [1.165, 1.54) is 17.8 Å². The summed E-state index contributed by atoms with van der Waals surface area (Å²) >= 11 is 0. The molecule has 0 aromatic carbocycles. The van der Waals surface area contributed by atoms with Crippen molar-refractivity contribution in [3.05, 3.63) is 16.7 Å². The average Bonchev–Trinajstić information content (AvgIpc) is 2.97. The third kappa shape index (κ3) is 3.25. The predicted octanol–water partition coefficient (Wildman–Crippen LogP) is -0.190. The topological polar surface area (TPSA) is 139 Å². The Kier molecular flexibility index (Phi) is 4.31. The minimum atomic E-state index is -1.57. The number of ether oxygens (including phenoxy) is 1. The number of aromatic nitrogens is 4. The van der Waals surface area contributed by atoms with Crippen LogP contribution in [-0.4, -0.2) is 73.3 Å². The summed E-state index contributed by atoms with van der Waals surface area (Å²) in [7, 11) is 0. The molecule has 0 spiro atoms. The molecule has 2 aromatic rings. The van der Waals surface area contributed by atoms with Gasteiger partial charge in [0.15, 0.2) is 17.4 Å². The number of nitrogen functional groups attached to an aromatic ring is 1. The number of imidazole rings is 1. The van der Waals surface area contributed by atoms with E-state index in [2.05, 4.69) is 34.6 Å². The summed E-state index contributed by atoms with van der Waals surface area (Å²) in [6.45, 7) is 4.42. The molecule has 3 heterocycles. The number of fused-ring (bicyclic) bond motifs is 1. The number of aliphatic hydroxyl groups excluding tert-OH is 1. The van der Waals surface area contributed by atoms with E-state index in [0.717, 1.165) is 6.16 Å². The first-order valence-corrected chi connectivity index (χ1v) is 11.0. The van der Waals surface area contributed by atoms with Gasteiger partial charge in [-0.15, -0.1) is 13.2 Å². The van der Waals surface area contributed by atoms with Crippen LogP contribution in [0.25, 0.3) is 11.2 Å². The van der Waals surface area contributed by atoms with Crippen molar-refractivity contribution in [2.45, 2.75) is 37.4 Å². The largest absolute Gasteiger partial charge is 0.387 e. The first-order chi connectivity index (χ1) is 11.5. The molecule has 1 fully saturated rings. The maximum Gasteiger partial charge on any atom is 0.280 e. The molecule has 138 valence electrons. The lowest BCUT2D eigenvalue weighted by atomic mass is 9.95. The van der Waals surface area contributed by atoms with Crippen molar-refractivity contribution >= 4 is 30.3 Å². The fraction of sp³-hybridized carbons (Fsp3) is 0.600. The van der Waals surface area contributed by atoms with Crippen molar-refractivity contribution in [2.24, 2.45) is 0 Å². The van der Waals surface area contributed by atoms with Crippen LogP contribution >= 0.6 is 6.89 Å². The van der Waals surface area contributed by atoms with E-state index in [1.54, 1.807) is 0 Å². The molecular weight excluding hydrogens is 345 g/mol. The summed E-state index contributed by atoms with van der Waals surface area (Å²) in [5, 5.41) is 21.4. The maximum absolute atomic E-state index is 11.9. The summed E-state index contributed by atoms with van der Waals surface area (Å²) in [6, 6.07) is 0. The molecule has 1 saturated heterocycles. The maximum atomic E-state index is 11.9. The van der Waals surface area contributed by atoms with Gasteiger partial charge in [0.1, 0.15) is 11.7 Å². The van der Waals surface area contributed by atoms with E-state index in [-0.39, 0.29) is 17.1 Å². The first kappa shape index (κ1) is 18.1. The number of nitrogens with two attached hydrogens (primary N) is 1. The fourth-order valence-corrected chi connectivity index (χ4v) is 4.02. The van der Waals surface area contributed by atoms with Gasteiger partial charge in [0, 0.05) is 0 Å². The van der Waals surface area contributed by atoms with E-state index in [1.807, 2.05) is 0 Å². The number of anilines is 1. The van der Waals surface area contributed by atoms with Crippen molar-refractivity contribution in [1.29, 1.82) is 0 Å². The van der Waals surface area contributed by atoms with Crippen molar-refractivity contribution in [3.63, 3.8) is 0 Å². The number of hydrogen-bond donors (Lipinski definition) is 4. The molecule has 3 rings (SSSR count). The van der Waals surface area contributed by atoms with Gasteiger partial charge in [0.05, 0.1) is 12.4 Å². The van der Waals surface area contributed by atoms with Gasteiger partial charge >= 0.3 is 0 Å². The van der Waals surface area contributed by atoms with Gasteiger partial charge in [0.25, 0.3) is 5.56 Å². The fourth-order valence-electron chi connectivity index (χ4n) is 3.06. The van der Waals surface area contributed by atoms with Crippen molar-refractivity contribution in [2.75, 3.05) is 25.2 Å². The zero-order valence-corrected chi connectivity index (χ0v) is 15.4. The van der Waals surface area contributed by atoms with Crippen LogP contribution in [0.3, 0.4) is 0 Å². The summed E-state index contributed by atoms with van der Waals surface area (Å²) in [4.78, 5) is 22.4. The van der Waals surface area contributed by atoms with Crippen LogP contribution < -0.4 is 11.3 Å². The van der Waals surface area contributed by atoms with E-state index in [4.69, 9.17) is 10.5 Å². The second-order valence-corrected chi connectivity index (χ2v) is 11.7. The van der Waals surface area contributed by atoms with E-state index in [0.29, 0.717) is 6.42 Å². The molecule has 0 aliphatic carbocycles. The molecule has 10 heteroatoms. The number of rotatable bonds is 4. The number of hydrogen-bond acceptors (Lipinski definition) is 7. The number of aliphatic hydroxyl groups is 2. The molecule has 1 aliphatic rings. The van der Waals surface area contributed by atoms with Crippen LogP contribution in [0, 0.1) is 0 Å². The van der Waals surface area contributed by atoms with E-state index in [9.17, 15) is 15.0 Å². The number of nitrogens with zero attached hydrogens (tertiary/aromatic N) is 3. The average molecular weight is 369 g/mol. The van der Waals surface area contributed by atoms with Gasteiger partial charge in [-0.1, -0.05) is 0 Å². The lowest BCUT2D eigenvalue weighted by molar-refractivity contribution is -0.0939. The Morgan fingerprint density at radius 3 is 2.88 bits per heavy atom. The summed E-state index contributed by atoms with van der Waals surface area (Å²) < 4.78 is 7.38. The molecule has 0 radical (unpaired) electrons. The predicted molar refractivity (Wildman–Crippen MR) is 98.5 cm³/mol. The molecule has 9 nitrogen and oxygen atoms in total. The number of H-pyrrole nitrogens is 1. The van der Waals surface area contributed by atoms with E-state index < -0.39 is 36.5 Å². The van der Waals surface area contributed by atoms with Gasteiger partial charge in [-0.3, -0.25) is 14.3 Å². The zero-order valence-electron chi connectivity index (χ0n) is 14.5. The Balaban J connectivity index is 1.97. The molecule has 4 atom stereocenters. The normalized spacial score (nSPS) is 30.2. The smallest absolute Gasteiger partial charge is 0.280 e. The molecule has 0 saturated carbocycles. The quantitative estimate of drug-likeness (QED) is 0.548. The van der Waals surface area contributed by atoms with Crippen LogP contribution in [0.2, 0.25) is 0 Å². The molecule has 0 amide bonds. The van der Waals surface area contributed by atoms with E-state index >= 15 is 0 Å². The highest BCUT2D eigenvalue weighted by atomic mass is 31.2. The van der Waals surface area contributed by atoms with Crippen LogP contribution in [0.15, 0.2) is 11.1 Å². The Morgan fingerprint density at radius 2 is 2.24 bits per heavy atom. The SMILES string of the molecule is C=P(C)(C)CC[C@H]1O[C@@H](n2cnc3c(=O)[nH]c(N)nc32)[C@](C)(O)[C@@H]1O. The minimum Gasteiger partial charge on any atom is -0.387 e.